The molecular formula is C26H35IN5O3P. The molecule has 1 unspecified atom stereocenters. The molecule has 1 aromatic carbocycles. The van der Waals surface area contributed by atoms with E-state index in [1.165, 1.54) is 39.2 Å². The first-order chi connectivity index (χ1) is 17.7. The summed E-state index contributed by atoms with van der Waals surface area (Å²) >= 11 is 2.39. The number of hydrogen-bond donors (Lipinski definition) is 2. The van der Waals surface area contributed by atoms with Crippen LogP contribution < -0.4 is 15.4 Å². The number of hydrogen-bond acceptors (Lipinski definition) is 7. The van der Waals surface area contributed by atoms with Crippen LogP contribution in [0.2, 0.25) is 0 Å². The molecule has 0 amide bonds. The fourth-order valence-corrected chi connectivity index (χ4v) is 6.00. The van der Waals surface area contributed by atoms with E-state index in [4.69, 9.17) is 9.72 Å². The Labute approximate surface area is 227 Å². The van der Waals surface area contributed by atoms with E-state index in [9.17, 15) is 4.79 Å². The molecule has 36 heavy (non-hydrogen) atoms. The van der Waals surface area contributed by atoms with E-state index in [-0.39, 0.29) is 5.97 Å². The van der Waals surface area contributed by atoms with Gasteiger partial charge in [0, 0.05) is 30.6 Å². The normalized spacial score (nSPS) is 14.4. The van der Waals surface area contributed by atoms with E-state index in [1.807, 2.05) is 30.6 Å². The molecule has 1 atom stereocenters. The highest BCUT2D eigenvalue weighted by molar-refractivity contribution is 14.2. The Morgan fingerprint density at radius 2 is 1.92 bits per heavy atom. The third kappa shape index (κ3) is 7.68. The van der Waals surface area contributed by atoms with Crippen molar-refractivity contribution < 1.29 is 14.3 Å². The van der Waals surface area contributed by atoms with Crippen LogP contribution in [0, 0.1) is 0 Å². The number of fused-ring (bicyclic) bond motifs is 1. The molecule has 10 heteroatoms. The summed E-state index contributed by atoms with van der Waals surface area (Å²) in [5.74, 6) is 2.38. The number of aromatic nitrogens is 3. The van der Waals surface area contributed by atoms with Gasteiger partial charge in [0.15, 0.2) is 5.82 Å². The SMILES string of the molecule is COC(=O)CCCCCCOc1ccc(Nc2cc3c(ncn3PI)c(NC3CCCCC3)n2)cc1. The second-order valence-corrected chi connectivity index (χ2v) is 11.2. The topological polar surface area (TPSA) is 90.3 Å². The van der Waals surface area contributed by atoms with Crippen LogP contribution in [0.15, 0.2) is 36.7 Å². The lowest BCUT2D eigenvalue weighted by Crippen LogP contribution is -2.23. The van der Waals surface area contributed by atoms with Gasteiger partial charge in [0.1, 0.15) is 17.1 Å². The number of benzene rings is 1. The number of rotatable bonds is 13. The first kappa shape index (κ1) is 26.9. The zero-order valence-electron chi connectivity index (χ0n) is 20.8. The quantitative estimate of drug-likeness (QED) is 0.0900. The average molecular weight is 623 g/mol. The van der Waals surface area contributed by atoms with Crippen LogP contribution >= 0.6 is 28.4 Å². The van der Waals surface area contributed by atoms with Gasteiger partial charge in [-0.3, -0.25) is 4.79 Å². The fourth-order valence-electron chi connectivity index (χ4n) is 4.49. The number of nitrogens with one attached hydrogen (secondary N) is 2. The van der Waals surface area contributed by atoms with Crippen LogP contribution in [0.25, 0.3) is 11.0 Å². The summed E-state index contributed by atoms with van der Waals surface area (Å²) in [6.07, 6.45) is 13.1. The Balaban J connectivity index is 1.33. The minimum absolute atomic E-state index is 0.136. The van der Waals surface area contributed by atoms with Crippen molar-refractivity contribution in [3.8, 4) is 5.75 Å². The number of esters is 1. The largest absolute Gasteiger partial charge is 0.494 e. The molecule has 0 spiro atoms. The zero-order chi connectivity index (χ0) is 25.2. The van der Waals surface area contributed by atoms with E-state index in [0.29, 0.717) is 25.4 Å². The molecule has 2 N–H and O–H groups in total. The van der Waals surface area contributed by atoms with Crippen molar-refractivity contribution in [3.05, 3.63) is 36.7 Å². The van der Waals surface area contributed by atoms with Gasteiger partial charge in [-0.15, -0.1) is 0 Å². The van der Waals surface area contributed by atoms with Crippen LogP contribution in [0.1, 0.15) is 64.2 Å². The number of nitrogens with zero attached hydrogens (tertiary/aromatic N) is 3. The number of ether oxygens (including phenoxy) is 2. The van der Waals surface area contributed by atoms with E-state index in [1.54, 1.807) is 0 Å². The first-order valence-corrected chi connectivity index (χ1v) is 16.8. The molecule has 0 saturated heterocycles. The maximum absolute atomic E-state index is 11.1. The smallest absolute Gasteiger partial charge is 0.305 e. The number of unbranched alkanes of at least 4 members (excludes halogenated alkanes) is 3. The van der Waals surface area contributed by atoms with Gasteiger partial charge in [0.05, 0.1) is 25.6 Å². The lowest BCUT2D eigenvalue weighted by atomic mass is 9.95. The van der Waals surface area contributed by atoms with Gasteiger partial charge in [-0.2, -0.15) is 0 Å². The second-order valence-electron chi connectivity index (χ2n) is 9.14. The number of methoxy groups -OCH3 is 1. The van der Waals surface area contributed by atoms with Gasteiger partial charge in [-0.25, -0.2) is 9.97 Å². The molecule has 0 aliphatic heterocycles. The highest BCUT2D eigenvalue weighted by Crippen LogP contribution is 2.34. The maximum atomic E-state index is 11.1. The molecule has 8 nitrogen and oxygen atoms in total. The summed E-state index contributed by atoms with van der Waals surface area (Å²) < 4.78 is 12.7. The highest BCUT2D eigenvalue weighted by atomic mass is 127. The van der Waals surface area contributed by atoms with E-state index >= 15 is 0 Å². The second kappa shape index (κ2) is 14.0. The van der Waals surface area contributed by atoms with E-state index in [2.05, 4.69) is 52.8 Å². The van der Waals surface area contributed by atoms with Crippen LogP contribution in [-0.4, -0.2) is 40.0 Å². The van der Waals surface area contributed by atoms with Crippen molar-refractivity contribution >= 4 is 62.7 Å². The van der Waals surface area contributed by atoms with Crippen molar-refractivity contribution in [3.63, 3.8) is 0 Å². The standard InChI is InChI=1S/C26H35IN5O3P/c1-34-24(33)11-7-2-3-8-16-35-21-14-12-20(13-15-21)29-23-17-22-25(28-18-32(22)36-27)26(31-23)30-19-9-5-4-6-10-19/h12-15,17-19,36H,2-11,16H2,1H3,(H2,29,30,31). The van der Waals surface area contributed by atoms with Crippen LogP contribution in [0.4, 0.5) is 17.3 Å². The molecule has 1 fully saturated rings. The molecule has 3 aromatic rings. The van der Waals surface area contributed by atoms with Gasteiger partial charge < -0.3 is 24.4 Å². The molecule has 1 saturated carbocycles. The number of imidazole rings is 1. The lowest BCUT2D eigenvalue weighted by molar-refractivity contribution is -0.140. The summed E-state index contributed by atoms with van der Waals surface area (Å²) in [5, 5.41) is 7.14. The minimum atomic E-state index is -0.136. The molecule has 0 radical (unpaired) electrons. The third-order valence-electron chi connectivity index (χ3n) is 6.47. The van der Waals surface area contributed by atoms with Gasteiger partial charge in [0.25, 0.3) is 0 Å². The van der Waals surface area contributed by atoms with Crippen LogP contribution in [-0.2, 0) is 9.53 Å². The number of halogens is 1. The number of anilines is 3. The predicted molar refractivity (Wildman–Crippen MR) is 156 cm³/mol. The van der Waals surface area contributed by atoms with Crippen molar-refractivity contribution in [1.82, 2.24) is 14.3 Å². The molecule has 2 heterocycles. The lowest BCUT2D eigenvalue weighted by Gasteiger charge is -2.23. The summed E-state index contributed by atoms with van der Waals surface area (Å²) in [6.45, 7) is 0.667. The Bertz CT molecular complexity index is 1120. The monoisotopic (exact) mass is 623 g/mol. The van der Waals surface area contributed by atoms with Crippen molar-refractivity contribution in [2.24, 2.45) is 0 Å². The van der Waals surface area contributed by atoms with E-state index < -0.39 is 0 Å². The van der Waals surface area contributed by atoms with Crippen molar-refractivity contribution in [2.45, 2.75) is 70.3 Å². The summed E-state index contributed by atoms with van der Waals surface area (Å²) in [4.78, 5) is 20.7. The zero-order valence-corrected chi connectivity index (χ0v) is 23.9. The molecule has 194 valence electrons. The van der Waals surface area contributed by atoms with Crippen LogP contribution in [0.3, 0.4) is 0 Å². The third-order valence-corrected chi connectivity index (χ3v) is 8.57. The van der Waals surface area contributed by atoms with Gasteiger partial charge >= 0.3 is 5.97 Å². The predicted octanol–water partition coefficient (Wildman–Crippen LogP) is 7.21. The molecule has 1 aliphatic rings. The number of pyridine rings is 1. The highest BCUT2D eigenvalue weighted by Gasteiger charge is 2.18. The molecule has 4 rings (SSSR count). The van der Waals surface area contributed by atoms with Crippen molar-refractivity contribution in [2.75, 3.05) is 24.4 Å². The maximum Gasteiger partial charge on any atom is 0.305 e. The van der Waals surface area contributed by atoms with Gasteiger partial charge in [-0.1, -0.05) is 32.1 Å². The van der Waals surface area contributed by atoms with Crippen molar-refractivity contribution in [1.29, 1.82) is 0 Å². The Hall–Kier alpha value is -2.13. The fraction of sp³-hybridized carbons (Fsp3) is 0.500. The minimum Gasteiger partial charge on any atom is -0.494 e. The van der Waals surface area contributed by atoms with Crippen LogP contribution in [0.5, 0.6) is 5.75 Å². The van der Waals surface area contributed by atoms with Gasteiger partial charge in [-0.05, 0) is 72.0 Å². The van der Waals surface area contributed by atoms with E-state index in [0.717, 1.165) is 59.8 Å². The number of carbonyl (C=O) groups is 1. The molecule has 2 aromatic heterocycles. The summed E-state index contributed by atoms with van der Waals surface area (Å²) in [7, 11) is 1.43. The summed E-state index contributed by atoms with van der Waals surface area (Å²) in [5.41, 5.74) is 2.98. The Morgan fingerprint density at radius 1 is 1.14 bits per heavy atom. The Kier molecular flexibility index (Phi) is 10.5. The Morgan fingerprint density at radius 3 is 2.67 bits per heavy atom. The molecule has 0 bridgehead atoms. The molecule has 1 aliphatic carbocycles. The first-order valence-electron chi connectivity index (χ1n) is 12.7. The van der Waals surface area contributed by atoms with Gasteiger partial charge in [0.2, 0.25) is 0 Å². The number of carbonyl (C=O) groups excluding carboxylic acids is 1. The molecular weight excluding hydrogens is 588 g/mol. The summed E-state index contributed by atoms with van der Waals surface area (Å²) in [6, 6.07) is 10.5. The average Bonchev–Trinajstić information content (AvgIpc) is 3.33.